The van der Waals surface area contributed by atoms with Crippen LogP contribution in [0, 0.1) is 0 Å². The fraction of sp³-hybridized carbons (Fsp3) is 0.125. The number of aromatic nitrogens is 1. The van der Waals surface area contributed by atoms with Gasteiger partial charge in [0.2, 0.25) is 0 Å². The lowest BCUT2D eigenvalue weighted by molar-refractivity contribution is -0.110. The molecule has 0 radical (unpaired) electrons. The minimum atomic E-state index is -0.404. The van der Waals surface area contributed by atoms with Crippen LogP contribution >= 0.6 is 0 Å². The number of hydrogen-bond donors (Lipinski definition) is 1. The predicted molar refractivity (Wildman–Crippen MR) is 79.7 cm³/mol. The molecule has 0 saturated carbocycles. The number of nitrogens with zero attached hydrogens (tertiary/aromatic N) is 1. The number of ether oxygens (including phenoxy) is 1. The van der Waals surface area contributed by atoms with Gasteiger partial charge in [0.1, 0.15) is 5.69 Å². The highest BCUT2D eigenvalue weighted by Gasteiger charge is 2.23. The standard InChI is InChI=1S/C16H14N2O3/c1-18-9-10(8-14(18)16(20)21-2)7-12-11-5-3-4-6-13(11)17-15(12)19/h3-9H,1-2H3,(H,17,19)/b12-7-. The molecular formula is C16H14N2O3. The van der Waals surface area contributed by atoms with Crippen molar-refractivity contribution < 1.29 is 14.3 Å². The van der Waals surface area contributed by atoms with E-state index in [0.29, 0.717) is 11.3 Å². The molecule has 1 amide bonds. The predicted octanol–water partition coefficient (Wildman–Crippen LogP) is 2.30. The van der Waals surface area contributed by atoms with Crippen LogP contribution in [0.2, 0.25) is 0 Å². The SMILES string of the molecule is COC(=O)c1cc(/C=C2\C(=O)Nc3ccccc32)cn1C. The number of para-hydroxylation sites is 1. The minimum absolute atomic E-state index is 0.139. The van der Waals surface area contributed by atoms with Gasteiger partial charge in [-0.1, -0.05) is 18.2 Å². The van der Waals surface area contributed by atoms with E-state index in [2.05, 4.69) is 5.32 Å². The van der Waals surface area contributed by atoms with Crippen LogP contribution in [0.15, 0.2) is 36.5 Å². The maximum absolute atomic E-state index is 12.0. The Kier molecular flexibility index (Phi) is 3.10. The van der Waals surface area contributed by atoms with Gasteiger partial charge in [-0.15, -0.1) is 0 Å². The summed E-state index contributed by atoms with van der Waals surface area (Å²) in [6.07, 6.45) is 3.56. The van der Waals surface area contributed by atoms with Gasteiger partial charge in [0.05, 0.1) is 7.11 Å². The Morgan fingerprint density at radius 1 is 1.33 bits per heavy atom. The third-order valence-electron chi connectivity index (χ3n) is 3.44. The van der Waals surface area contributed by atoms with E-state index < -0.39 is 5.97 Å². The van der Waals surface area contributed by atoms with E-state index in [1.807, 2.05) is 24.3 Å². The number of carbonyl (C=O) groups is 2. The van der Waals surface area contributed by atoms with Crippen molar-refractivity contribution in [3.63, 3.8) is 0 Å². The van der Waals surface area contributed by atoms with Crippen molar-refractivity contribution in [3.05, 3.63) is 53.3 Å². The van der Waals surface area contributed by atoms with Crippen LogP contribution in [0.4, 0.5) is 5.69 Å². The van der Waals surface area contributed by atoms with Crippen LogP contribution in [-0.2, 0) is 16.6 Å². The molecule has 0 fully saturated rings. The highest BCUT2D eigenvalue weighted by molar-refractivity contribution is 6.34. The number of aryl methyl sites for hydroxylation is 1. The van der Waals surface area contributed by atoms with Gasteiger partial charge in [-0.05, 0) is 23.8 Å². The number of esters is 1. The van der Waals surface area contributed by atoms with E-state index >= 15 is 0 Å². The molecule has 0 saturated heterocycles. The van der Waals surface area contributed by atoms with Crippen LogP contribution in [-0.4, -0.2) is 23.6 Å². The largest absolute Gasteiger partial charge is 0.464 e. The van der Waals surface area contributed by atoms with Crippen LogP contribution in [0.25, 0.3) is 11.6 Å². The van der Waals surface area contributed by atoms with Gasteiger partial charge in [0.15, 0.2) is 0 Å². The molecule has 106 valence electrons. The first-order valence-corrected chi connectivity index (χ1v) is 6.47. The quantitative estimate of drug-likeness (QED) is 0.679. The zero-order valence-electron chi connectivity index (χ0n) is 11.7. The summed E-state index contributed by atoms with van der Waals surface area (Å²) in [6, 6.07) is 9.22. The maximum Gasteiger partial charge on any atom is 0.354 e. The molecule has 21 heavy (non-hydrogen) atoms. The number of hydrogen-bond acceptors (Lipinski definition) is 3. The number of fused-ring (bicyclic) bond motifs is 1. The van der Waals surface area contributed by atoms with Crippen molar-refractivity contribution >= 4 is 29.2 Å². The molecule has 1 N–H and O–H groups in total. The van der Waals surface area contributed by atoms with Crippen molar-refractivity contribution in [2.75, 3.05) is 12.4 Å². The summed E-state index contributed by atoms with van der Waals surface area (Å²) in [5.41, 5.74) is 3.48. The van der Waals surface area contributed by atoms with Gasteiger partial charge in [0.25, 0.3) is 5.91 Å². The third kappa shape index (κ3) is 2.23. The summed E-state index contributed by atoms with van der Waals surface area (Å²) in [4.78, 5) is 23.6. The highest BCUT2D eigenvalue weighted by atomic mass is 16.5. The number of nitrogens with one attached hydrogen (secondary N) is 1. The van der Waals surface area contributed by atoms with Crippen molar-refractivity contribution in [1.82, 2.24) is 4.57 Å². The summed E-state index contributed by atoms with van der Waals surface area (Å²) < 4.78 is 6.40. The van der Waals surface area contributed by atoms with Crippen molar-refractivity contribution in [2.24, 2.45) is 7.05 Å². The van der Waals surface area contributed by atoms with Gasteiger partial charge >= 0.3 is 5.97 Å². The molecule has 0 spiro atoms. The molecule has 0 aliphatic carbocycles. The topological polar surface area (TPSA) is 60.3 Å². The van der Waals surface area contributed by atoms with Crippen LogP contribution in [0.1, 0.15) is 21.6 Å². The first-order chi connectivity index (χ1) is 10.1. The van der Waals surface area contributed by atoms with E-state index in [-0.39, 0.29) is 5.91 Å². The summed E-state index contributed by atoms with van der Waals surface area (Å²) >= 11 is 0. The molecule has 1 aromatic heterocycles. The first kappa shape index (κ1) is 13.2. The van der Waals surface area contributed by atoms with Gasteiger partial charge < -0.3 is 14.6 Å². The monoisotopic (exact) mass is 282 g/mol. The lowest BCUT2D eigenvalue weighted by atomic mass is 10.1. The second-order valence-electron chi connectivity index (χ2n) is 4.82. The molecule has 2 aromatic rings. The average Bonchev–Trinajstić information content (AvgIpc) is 2.99. The molecular weight excluding hydrogens is 268 g/mol. The number of rotatable bonds is 2. The number of benzene rings is 1. The fourth-order valence-corrected chi connectivity index (χ4v) is 2.43. The highest BCUT2D eigenvalue weighted by Crippen LogP contribution is 2.32. The van der Waals surface area contributed by atoms with Crippen molar-refractivity contribution in [1.29, 1.82) is 0 Å². The van der Waals surface area contributed by atoms with Gasteiger partial charge in [0, 0.05) is 30.1 Å². The number of methoxy groups -OCH3 is 1. The van der Waals surface area contributed by atoms with E-state index in [1.165, 1.54) is 7.11 Å². The Morgan fingerprint density at radius 3 is 2.86 bits per heavy atom. The third-order valence-corrected chi connectivity index (χ3v) is 3.44. The molecule has 2 heterocycles. The number of anilines is 1. The molecule has 0 atom stereocenters. The maximum atomic E-state index is 12.0. The van der Waals surface area contributed by atoms with E-state index in [1.54, 1.807) is 30.0 Å². The molecule has 0 bridgehead atoms. The molecule has 3 rings (SSSR count). The smallest absolute Gasteiger partial charge is 0.354 e. The van der Waals surface area contributed by atoms with Gasteiger partial charge in [-0.3, -0.25) is 4.79 Å². The second kappa shape index (κ2) is 4.94. The Bertz CT molecular complexity index is 772. The number of amides is 1. The van der Waals surface area contributed by atoms with Crippen molar-refractivity contribution in [3.8, 4) is 0 Å². The zero-order valence-corrected chi connectivity index (χ0v) is 11.7. The molecule has 1 aliphatic heterocycles. The summed E-state index contributed by atoms with van der Waals surface area (Å²) in [5.74, 6) is -0.543. The molecule has 0 unspecified atom stereocenters. The fourth-order valence-electron chi connectivity index (χ4n) is 2.43. The minimum Gasteiger partial charge on any atom is -0.464 e. The van der Waals surface area contributed by atoms with Gasteiger partial charge in [-0.2, -0.15) is 0 Å². The van der Waals surface area contributed by atoms with Crippen LogP contribution < -0.4 is 5.32 Å². The van der Waals surface area contributed by atoms with E-state index in [0.717, 1.165) is 16.8 Å². The Hall–Kier alpha value is -2.82. The lowest BCUT2D eigenvalue weighted by Crippen LogP contribution is -2.06. The second-order valence-corrected chi connectivity index (χ2v) is 4.82. The van der Waals surface area contributed by atoms with Crippen LogP contribution in [0.5, 0.6) is 0 Å². The van der Waals surface area contributed by atoms with Crippen molar-refractivity contribution in [2.45, 2.75) is 0 Å². The Labute approximate surface area is 121 Å². The lowest BCUT2D eigenvalue weighted by Gasteiger charge is -1.98. The van der Waals surface area contributed by atoms with E-state index in [9.17, 15) is 9.59 Å². The summed E-state index contributed by atoms with van der Waals surface area (Å²) in [6.45, 7) is 0. The first-order valence-electron chi connectivity index (χ1n) is 6.47. The molecule has 1 aromatic carbocycles. The summed E-state index contributed by atoms with van der Waals surface area (Å²) in [7, 11) is 3.10. The molecule has 5 heteroatoms. The Morgan fingerprint density at radius 2 is 2.10 bits per heavy atom. The average molecular weight is 282 g/mol. The van der Waals surface area contributed by atoms with Crippen LogP contribution in [0.3, 0.4) is 0 Å². The summed E-state index contributed by atoms with van der Waals surface area (Å²) in [5, 5.41) is 2.82. The normalized spacial score (nSPS) is 15.0. The van der Waals surface area contributed by atoms with Gasteiger partial charge in [-0.25, -0.2) is 4.79 Å². The van der Waals surface area contributed by atoms with E-state index in [4.69, 9.17) is 4.74 Å². The molecule has 1 aliphatic rings. The molecule has 5 nitrogen and oxygen atoms in total. The zero-order chi connectivity index (χ0) is 15.0. The number of carbonyl (C=O) groups excluding carboxylic acids is 2. The Balaban J connectivity index is 2.03.